The van der Waals surface area contributed by atoms with Crippen LogP contribution < -0.4 is 0 Å². The van der Waals surface area contributed by atoms with E-state index in [1.807, 2.05) is 0 Å². The number of fused-ring (bicyclic) bond motifs is 1. The molecule has 2 aromatic rings. The highest BCUT2D eigenvalue weighted by Crippen LogP contribution is 2.36. The van der Waals surface area contributed by atoms with Gasteiger partial charge in [0.1, 0.15) is 11.0 Å². The molecule has 3 rings (SSSR count). The largest absolute Gasteiger partial charge is 0.232 e. The van der Waals surface area contributed by atoms with Crippen molar-refractivity contribution < 1.29 is 8.42 Å². The van der Waals surface area contributed by atoms with Crippen molar-refractivity contribution in [2.24, 2.45) is 0 Å². The first-order valence-corrected chi connectivity index (χ1v) is 8.74. The summed E-state index contributed by atoms with van der Waals surface area (Å²) in [4.78, 5) is 9.12. The maximum Gasteiger partial charge on any atom is 0.178 e. The highest BCUT2D eigenvalue weighted by Gasteiger charge is 2.23. The van der Waals surface area contributed by atoms with Crippen LogP contribution in [0.4, 0.5) is 0 Å². The van der Waals surface area contributed by atoms with Gasteiger partial charge in [-0.3, -0.25) is 0 Å². The molecule has 1 aromatic heterocycles. The van der Waals surface area contributed by atoms with E-state index >= 15 is 0 Å². The fourth-order valence-corrected chi connectivity index (χ4v) is 3.44. The summed E-state index contributed by atoms with van der Waals surface area (Å²) in [7, 11) is -3.24. The van der Waals surface area contributed by atoms with E-state index in [1.54, 1.807) is 25.1 Å². The van der Waals surface area contributed by atoms with Gasteiger partial charge in [-0.2, -0.15) is 0 Å². The van der Waals surface area contributed by atoms with Crippen LogP contribution in [0.2, 0.25) is 5.15 Å². The molecular formula is C14H15ClN2O2S. The maximum atomic E-state index is 11.9. The summed E-state index contributed by atoms with van der Waals surface area (Å²) >= 11 is 6.21. The molecule has 6 heteroatoms. The van der Waals surface area contributed by atoms with Crippen LogP contribution in [-0.2, 0) is 9.84 Å². The number of nitrogens with zero attached hydrogens (tertiary/aromatic N) is 2. The molecular weight excluding hydrogens is 296 g/mol. The first-order valence-electron chi connectivity index (χ1n) is 6.71. The molecule has 0 aliphatic heterocycles. The number of sulfone groups is 1. The number of rotatable bonds is 3. The van der Waals surface area contributed by atoms with E-state index in [9.17, 15) is 8.42 Å². The fourth-order valence-electron chi connectivity index (χ4n) is 2.30. The van der Waals surface area contributed by atoms with E-state index in [0.717, 1.165) is 18.7 Å². The van der Waals surface area contributed by atoms with E-state index in [0.29, 0.717) is 22.0 Å². The van der Waals surface area contributed by atoms with Gasteiger partial charge in [-0.15, -0.1) is 0 Å². The van der Waals surface area contributed by atoms with Gasteiger partial charge in [-0.1, -0.05) is 24.9 Å². The van der Waals surface area contributed by atoms with E-state index in [2.05, 4.69) is 9.97 Å². The lowest BCUT2D eigenvalue weighted by Crippen LogP contribution is -2.13. The number of halogens is 1. The Hall–Kier alpha value is -1.20. The lowest BCUT2D eigenvalue weighted by Gasteiger charge is -2.24. The van der Waals surface area contributed by atoms with E-state index in [-0.39, 0.29) is 10.6 Å². The van der Waals surface area contributed by atoms with Gasteiger partial charge in [0, 0.05) is 11.3 Å². The highest BCUT2D eigenvalue weighted by atomic mass is 35.5. The molecule has 1 aromatic carbocycles. The SMILES string of the molecule is CCS(=O)(=O)c1ccc2nc(C3CCC3)nc(Cl)c2c1. The first kappa shape index (κ1) is 13.8. The molecule has 0 spiro atoms. The summed E-state index contributed by atoms with van der Waals surface area (Å²) in [5, 5.41) is 0.939. The molecule has 1 aliphatic rings. The van der Waals surface area contributed by atoms with Crippen LogP contribution in [0.1, 0.15) is 37.9 Å². The minimum absolute atomic E-state index is 0.0666. The predicted molar refractivity (Wildman–Crippen MR) is 78.9 cm³/mol. The topological polar surface area (TPSA) is 59.9 Å². The Morgan fingerprint density at radius 3 is 2.65 bits per heavy atom. The third kappa shape index (κ3) is 2.29. The van der Waals surface area contributed by atoms with Crippen LogP contribution in [0, 0.1) is 0 Å². The van der Waals surface area contributed by atoms with Crippen molar-refractivity contribution >= 4 is 32.3 Å². The van der Waals surface area contributed by atoms with Gasteiger partial charge in [0.05, 0.1) is 16.2 Å². The first-order chi connectivity index (χ1) is 9.51. The third-order valence-corrected chi connectivity index (χ3v) is 5.87. The van der Waals surface area contributed by atoms with E-state index in [4.69, 9.17) is 11.6 Å². The second-order valence-corrected chi connectivity index (χ2v) is 7.72. The van der Waals surface area contributed by atoms with Crippen LogP contribution >= 0.6 is 11.6 Å². The van der Waals surface area contributed by atoms with Gasteiger partial charge in [0.25, 0.3) is 0 Å². The molecule has 0 N–H and O–H groups in total. The molecule has 20 heavy (non-hydrogen) atoms. The van der Waals surface area contributed by atoms with Crippen molar-refractivity contribution in [3.63, 3.8) is 0 Å². The third-order valence-electron chi connectivity index (χ3n) is 3.85. The lowest BCUT2D eigenvalue weighted by molar-refractivity contribution is 0.402. The Balaban J connectivity index is 2.14. The molecule has 1 saturated carbocycles. The van der Waals surface area contributed by atoms with Crippen molar-refractivity contribution in [2.75, 3.05) is 5.75 Å². The summed E-state index contributed by atoms with van der Waals surface area (Å²) in [5.41, 5.74) is 0.710. The molecule has 0 amide bonds. The molecule has 0 atom stereocenters. The van der Waals surface area contributed by atoms with Crippen LogP contribution in [0.15, 0.2) is 23.1 Å². The molecule has 1 heterocycles. The summed E-state index contributed by atoms with van der Waals surface area (Å²) < 4.78 is 23.8. The average Bonchev–Trinajstić information content (AvgIpc) is 2.36. The summed E-state index contributed by atoms with van der Waals surface area (Å²) in [6.07, 6.45) is 3.41. The van der Waals surface area contributed by atoms with Crippen molar-refractivity contribution in [1.29, 1.82) is 0 Å². The minimum Gasteiger partial charge on any atom is -0.232 e. The molecule has 0 saturated heterocycles. The number of aromatic nitrogens is 2. The van der Waals surface area contributed by atoms with Gasteiger partial charge in [0.15, 0.2) is 9.84 Å². The van der Waals surface area contributed by atoms with Crippen molar-refractivity contribution in [3.05, 3.63) is 29.2 Å². The second-order valence-electron chi connectivity index (χ2n) is 5.08. The summed E-state index contributed by atoms with van der Waals surface area (Å²) in [6.45, 7) is 1.62. The summed E-state index contributed by atoms with van der Waals surface area (Å²) in [6, 6.07) is 4.88. The van der Waals surface area contributed by atoms with Gasteiger partial charge in [-0.25, -0.2) is 18.4 Å². The molecule has 1 aliphatic carbocycles. The van der Waals surface area contributed by atoms with Gasteiger partial charge in [-0.05, 0) is 31.0 Å². The monoisotopic (exact) mass is 310 g/mol. The zero-order valence-corrected chi connectivity index (χ0v) is 12.7. The zero-order valence-electron chi connectivity index (χ0n) is 11.1. The molecule has 4 nitrogen and oxygen atoms in total. The molecule has 0 unspecified atom stereocenters. The molecule has 1 fully saturated rings. The van der Waals surface area contributed by atoms with Crippen LogP contribution in [-0.4, -0.2) is 24.1 Å². The maximum absolute atomic E-state index is 11.9. The van der Waals surface area contributed by atoms with Crippen molar-refractivity contribution in [2.45, 2.75) is 37.0 Å². The normalized spacial score (nSPS) is 16.3. The molecule has 106 valence electrons. The van der Waals surface area contributed by atoms with Crippen molar-refractivity contribution in [3.8, 4) is 0 Å². The smallest absolute Gasteiger partial charge is 0.178 e. The predicted octanol–water partition coefficient (Wildman–Crippen LogP) is 3.34. The van der Waals surface area contributed by atoms with Gasteiger partial charge >= 0.3 is 0 Å². The fraction of sp³-hybridized carbons (Fsp3) is 0.429. The van der Waals surface area contributed by atoms with Crippen molar-refractivity contribution in [1.82, 2.24) is 9.97 Å². The Morgan fingerprint density at radius 2 is 2.05 bits per heavy atom. The standard InChI is InChI=1S/C14H15ClN2O2S/c1-2-20(18,19)10-6-7-12-11(8-10)13(15)17-14(16-12)9-4-3-5-9/h6-9H,2-5H2,1H3. The average molecular weight is 311 g/mol. The highest BCUT2D eigenvalue weighted by molar-refractivity contribution is 7.91. The van der Waals surface area contributed by atoms with Crippen LogP contribution in [0.5, 0.6) is 0 Å². The second kappa shape index (κ2) is 4.97. The lowest BCUT2D eigenvalue weighted by atomic mass is 9.85. The number of benzene rings is 1. The molecule has 0 radical (unpaired) electrons. The van der Waals surface area contributed by atoms with Crippen LogP contribution in [0.25, 0.3) is 10.9 Å². The van der Waals surface area contributed by atoms with E-state index < -0.39 is 9.84 Å². The van der Waals surface area contributed by atoms with Crippen LogP contribution in [0.3, 0.4) is 0 Å². The Labute approximate surface area is 123 Å². The van der Waals surface area contributed by atoms with Gasteiger partial charge < -0.3 is 0 Å². The molecule has 0 bridgehead atoms. The van der Waals surface area contributed by atoms with Gasteiger partial charge in [0.2, 0.25) is 0 Å². The minimum atomic E-state index is -3.24. The Morgan fingerprint density at radius 1 is 1.30 bits per heavy atom. The number of hydrogen-bond donors (Lipinski definition) is 0. The Bertz CT molecular complexity index is 770. The van der Waals surface area contributed by atoms with E-state index in [1.165, 1.54) is 6.42 Å². The Kier molecular flexibility index (Phi) is 3.42. The zero-order chi connectivity index (χ0) is 14.3. The quantitative estimate of drug-likeness (QED) is 0.816. The number of hydrogen-bond acceptors (Lipinski definition) is 4. The summed E-state index contributed by atoms with van der Waals surface area (Å²) in [5.74, 6) is 1.24.